The van der Waals surface area contributed by atoms with Crippen LogP contribution in [0.3, 0.4) is 0 Å². The minimum Gasteiger partial charge on any atom is -0.490 e. The van der Waals surface area contributed by atoms with Gasteiger partial charge in [-0.2, -0.15) is 4.98 Å². The molecule has 2 fully saturated rings. The van der Waals surface area contributed by atoms with E-state index in [-0.39, 0.29) is 12.1 Å². The Morgan fingerprint density at radius 2 is 2.16 bits per heavy atom. The van der Waals surface area contributed by atoms with Gasteiger partial charge in [0, 0.05) is 24.7 Å². The van der Waals surface area contributed by atoms with Crippen molar-refractivity contribution in [3.05, 3.63) is 29.0 Å². The molecule has 0 spiro atoms. The van der Waals surface area contributed by atoms with E-state index in [0.29, 0.717) is 16.7 Å². The lowest BCUT2D eigenvalue weighted by molar-refractivity contribution is 0.190. The molecular weight excluding hydrogens is 340 g/mol. The highest BCUT2D eigenvalue weighted by Crippen LogP contribution is 2.35. The maximum Gasteiger partial charge on any atom is 0.261 e. The Bertz CT molecular complexity index is 730. The summed E-state index contributed by atoms with van der Waals surface area (Å²) in [5.74, 6) is 1.92. The Labute approximate surface area is 152 Å². The Kier molecular flexibility index (Phi) is 4.92. The van der Waals surface area contributed by atoms with Gasteiger partial charge < -0.3 is 14.6 Å². The second-order valence-electron chi connectivity index (χ2n) is 6.82. The van der Waals surface area contributed by atoms with Gasteiger partial charge in [0.05, 0.1) is 17.7 Å². The van der Waals surface area contributed by atoms with Gasteiger partial charge in [0.15, 0.2) is 5.82 Å². The molecule has 1 saturated carbocycles. The number of halogens is 1. The van der Waals surface area contributed by atoms with Crippen molar-refractivity contribution in [1.82, 2.24) is 20.4 Å². The first kappa shape index (κ1) is 16.8. The Hall–Kier alpha value is -1.63. The van der Waals surface area contributed by atoms with Crippen molar-refractivity contribution < 1.29 is 9.26 Å². The first-order chi connectivity index (χ1) is 12.2. The lowest BCUT2D eigenvalue weighted by atomic mass is 10.1. The number of ether oxygens (including phenoxy) is 1. The van der Waals surface area contributed by atoms with E-state index in [1.165, 1.54) is 12.8 Å². The van der Waals surface area contributed by atoms with Crippen LogP contribution in [0.1, 0.15) is 37.5 Å². The second kappa shape index (κ2) is 7.32. The minimum absolute atomic E-state index is 0.115. The molecule has 6 nitrogen and oxygen atoms in total. The molecule has 0 bridgehead atoms. The average Bonchev–Trinajstić information content (AvgIpc) is 3.29. The van der Waals surface area contributed by atoms with E-state index < -0.39 is 0 Å². The van der Waals surface area contributed by atoms with Gasteiger partial charge >= 0.3 is 0 Å². The number of benzene rings is 1. The molecule has 2 aliphatic rings. The molecule has 1 atom stereocenters. The van der Waals surface area contributed by atoms with E-state index in [1.54, 1.807) is 0 Å². The number of aromatic nitrogens is 2. The fraction of sp³-hybridized carbons (Fsp3) is 0.556. The predicted octanol–water partition coefficient (Wildman–Crippen LogP) is 3.29. The van der Waals surface area contributed by atoms with Gasteiger partial charge in [-0.05, 0) is 50.9 Å². The molecular formula is C18H23ClN4O2. The van der Waals surface area contributed by atoms with Gasteiger partial charge in [-0.25, -0.2) is 0 Å². The van der Waals surface area contributed by atoms with Crippen LogP contribution in [0.2, 0.25) is 5.02 Å². The quantitative estimate of drug-likeness (QED) is 0.900. The molecule has 134 valence electrons. The van der Waals surface area contributed by atoms with Crippen molar-refractivity contribution in [3.63, 3.8) is 0 Å². The number of nitrogens with one attached hydrogen (secondary N) is 1. The summed E-state index contributed by atoms with van der Waals surface area (Å²) >= 11 is 6.20. The van der Waals surface area contributed by atoms with Crippen LogP contribution < -0.4 is 10.1 Å². The van der Waals surface area contributed by atoms with Gasteiger partial charge in [-0.15, -0.1) is 0 Å². The summed E-state index contributed by atoms with van der Waals surface area (Å²) < 4.78 is 11.7. The number of rotatable bonds is 4. The van der Waals surface area contributed by atoms with Gasteiger partial charge in [-0.1, -0.05) is 16.8 Å². The molecule has 1 aromatic heterocycles. The standard InChI is InChI=1S/C18H23ClN4O2/c1-23-9-8-20-11-15(23)17-21-18(25-22-17)14-10-12(19)6-7-16(14)24-13-4-2-3-5-13/h6-7,10,13,15,20H,2-5,8-9,11H2,1H3. The fourth-order valence-corrected chi connectivity index (χ4v) is 3.70. The van der Waals surface area contributed by atoms with E-state index in [2.05, 4.69) is 27.4 Å². The second-order valence-corrected chi connectivity index (χ2v) is 7.26. The number of likely N-dealkylation sites (N-methyl/N-ethyl adjacent to an activating group) is 1. The SMILES string of the molecule is CN1CCNCC1c1noc(-c2cc(Cl)ccc2OC2CCCC2)n1. The highest BCUT2D eigenvalue weighted by molar-refractivity contribution is 6.30. The molecule has 1 aliphatic heterocycles. The molecule has 1 N–H and O–H groups in total. The summed E-state index contributed by atoms with van der Waals surface area (Å²) in [6.45, 7) is 2.75. The zero-order valence-corrected chi connectivity index (χ0v) is 15.1. The maximum atomic E-state index is 6.20. The molecule has 0 radical (unpaired) electrons. The van der Waals surface area contributed by atoms with Crippen LogP contribution in [0.15, 0.2) is 22.7 Å². The van der Waals surface area contributed by atoms with E-state index >= 15 is 0 Å². The van der Waals surface area contributed by atoms with Crippen LogP contribution in [0.4, 0.5) is 0 Å². The summed E-state index contributed by atoms with van der Waals surface area (Å²) in [4.78, 5) is 6.87. The average molecular weight is 363 g/mol. The van der Waals surface area contributed by atoms with Crippen LogP contribution >= 0.6 is 11.6 Å². The van der Waals surface area contributed by atoms with Crippen LogP contribution in [0.5, 0.6) is 5.75 Å². The summed E-state index contributed by atoms with van der Waals surface area (Å²) in [7, 11) is 2.08. The molecule has 2 aromatic rings. The summed E-state index contributed by atoms with van der Waals surface area (Å²) in [6.07, 6.45) is 4.89. The zero-order chi connectivity index (χ0) is 17.2. The first-order valence-corrected chi connectivity index (χ1v) is 9.29. The van der Waals surface area contributed by atoms with Gasteiger partial charge in [0.2, 0.25) is 0 Å². The normalized spacial score (nSPS) is 22.4. The van der Waals surface area contributed by atoms with Crippen LogP contribution in [0.25, 0.3) is 11.5 Å². The summed E-state index contributed by atoms with van der Waals surface area (Å²) in [6, 6.07) is 5.69. The van der Waals surface area contributed by atoms with Crippen molar-refractivity contribution in [2.75, 3.05) is 26.7 Å². The Morgan fingerprint density at radius 1 is 1.32 bits per heavy atom. The van der Waals surface area contributed by atoms with Crippen molar-refractivity contribution in [2.24, 2.45) is 0 Å². The van der Waals surface area contributed by atoms with Gasteiger partial charge in [0.25, 0.3) is 5.89 Å². The zero-order valence-electron chi connectivity index (χ0n) is 14.4. The minimum atomic E-state index is 0.115. The number of hydrogen-bond donors (Lipinski definition) is 1. The highest BCUT2D eigenvalue weighted by atomic mass is 35.5. The molecule has 1 saturated heterocycles. The largest absolute Gasteiger partial charge is 0.490 e. The number of nitrogens with zero attached hydrogens (tertiary/aromatic N) is 3. The fourth-order valence-electron chi connectivity index (χ4n) is 3.53. The highest BCUT2D eigenvalue weighted by Gasteiger charge is 2.27. The number of piperazine rings is 1. The third-order valence-corrected chi connectivity index (χ3v) is 5.25. The molecule has 25 heavy (non-hydrogen) atoms. The third-order valence-electron chi connectivity index (χ3n) is 5.02. The Balaban J connectivity index is 1.61. The molecule has 0 amide bonds. The topological polar surface area (TPSA) is 63.4 Å². The van der Waals surface area contributed by atoms with Crippen LogP contribution in [-0.4, -0.2) is 47.8 Å². The lowest BCUT2D eigenvalue weighted by Gasteiger charge is -2.30. The van der Waals surface area contributed by atoms with Crippen molar-refractivity contribution in [3.8, 4) is 17.2 Å². The molecule has 7 heteroatoms. The van der Waals surface area contributed by atoms with Crippen LogP contribution in [0, 0.1) is 0 Å². The molecule has 1 aromatic carbocycles. The lowest BCUT2D eigenvalue weighted by Crippen LogP contribution is -2.44. The van der Waals surface area contributed by atoms with Crippen molar-refractivity contribution in [2.45, 2.75) is 37.8 Å². The smallest absolute Gasteiger partial charge is 0.261 e. The molecule has 2 heterocycles. The first-order valence-electron chi connectivity index (χ1n) is 8.92. The van der Waals surface area contributed by atoms with E-state index in [0.717, 1.165) is 43.8 Å². The van der Waals surface area contributed by atoms with Crippen molar-refractivity contribution in [1.29, 1.82) is 0 Å². The van der Waals surface area contributed by atoms with Crippen molar-refractivity contribution >= 4 is 11.6 Å². The predicted molar refractivity (Wildman–Crippen MR) is 95.9 cm³/mol. The van der Waals surface area contributed by atoms with E-state index in [9.17, 15) is 0 Å². The number of hydrogen-bond acceptors (Lipinski definition) is 6. The molecule has 1 aliphatic carbocycles. The summed E-state index contributed by atoms with van der Waals surface area (Å²) in [5.41, 5.74) is 0.768. The Morgan fingerprint density at radius 3 is 2.96 bits per heavy atom. The molecule has 4 rings (SSSR count). The maximum absolute atomic E-state index is 6.20. The van der Waals surface area contributed by atoms with E-state index in [1.807, 2.05) is 18.2 Å². The summed E-state index contributed by atoms with van der Waals surface area (Å²) in [5, 5.41) is 8.20. The van der Waals surface area contributed by atoms with Crippen LogP contribution in [-0.2, 0) is 0 Å². The van der Waals surface area contributed by atoms with Gasteiger partial charge in [-0.3, -0.25) is 4.90 Å². The third kappa shape index (κ3) is 3.66. The van der Waals surface area contributed by atoms with Gasteiger partial charge in [0.1, 0.15) is 5.75 Å². The molecule has 1 unspecified atom stereocenters. The van der Waals surface area contributed by atoms with E-state index in [4.69, 9.17) is 20.9 Å². The monoisotopic (exact) mass is 362 g/mol.